The van der Waals surface area contributed by atoms with E-state index in [2.05, 4.69) is 10.6 Å². The molecule has 4 rings (SSSR count). The van der Waals surface area contributed by atoms with E-state index in [-0.39, 0.29) is 17.1 Å². The lowest BCUT2D eigenvalue weighted by molar-refractivity contribution is -0.140. The standard InChI is InChI=1S/C24H25ClFN3O3/c1-2-20(23(30)31)29-21-9-8-16(28-24(32)27-13-14-6-4-3-5-7-14)12-17(21)18-10-15(26)11-19(25)22(18)29/h3-7,10-11,16,20H,2,8-9,12-13H2,1H3,(H,30,31)(H2,27,28,32). The van der Waals surface area contributed by atoms with E-state index in [9.17, 15) is 19.1 Å². The smallest absolute Gasteiger partial charge is 0.326 e. The van der Waals surface area contributed by atoms with Crippen molar-refractivity contribution in [3.8, 4) is 0 Å². The number of hydrogen-bond acceptors (Lipinski definition) is 2. The molecule has 0 saturated carbocycles. The van der Waals surface area contributed by atoms with E-state index in [4.69, 9.17) is 11.6 Å². The first-order valence-electron chi connectivity index (χ1n) is 10.7. The van der Waals surface area contributed by atoms with Gasteiger partial charge >= 0.3 is 12.0 Å². The van der Waals surface area contributed by atoms with Crippen molar-refractivity contribution in [1.82, 2.24) is 15.2 Å². The molecule has 1 aliphatic rings. The van der Waals surface area contributed by atoms with Gasteiger partial charge in [-0.2, -0.15) is 0 Å². The lowest BCUT2D eigenvalue weighted by Crippen LogP contribution is -2.44. The molecule has 0 saturated heterocycles. The Morgan fingerprint density at radius 2 is 2.03 bits per heavy atom. The van der Waals surface area contributed by atoms with Crippen LogP contribution in [-0.4, -0.2) is 27.7 Å². The molecule has 2 unspecified atom stereocenters. The summed E-state index contributed by atoms with van der Waals surface area (Å²) in [5.41, 5.74) is 3.24. The van der Waals surface area contributed by atoms with E-state index in [0.29, 0.717) is 43.1 Å². The van der Waals surface area contributed by atoms with Crippen LogP contribution in [0.4, 0.5) is 9.18 Å². The maximum atomic E-state index is 14.2. The van der Waals surface area contributed by atoms with Crippen molar-refractivity contribution in [1.29, 1.82) is 0 Å². The van der Waals surface area contributed by atoms with Crippen molar-refractivity contribution in [2.24, 2.45) is 0 Å². The number of amides is 2. The average molecular weight is 458 g/mol. The first-order chi connectivity index (χ1) is 15.4. The third-order valence-electron chi connectivity index (χ3n) is 6.03. The van der Waals surface area contributed by atoms with Crippen LogP contribution in [0.3, 0.4) is 0 Å². The summed E-state index contributed by atoms with van der Waals surface area (Å²) in [6, 6.07) is 11.0. The SMILES string of the molecule is CCC(C(=O)O)n1c2c(c3cc(F)cc(Cl)c31)CC(NC(=O)NCc1ccccc1)CC2. The lowest BCUT2D eigenvalue weighted by atomic mass is 9.91. The van der Waals surface area contributed by atoms with Gasteiger partial charge in [-0.3, -0.25) is 0 Å². The van der Waals surface area contributed by atoms with Crippen LogP contribution in [-0.2, 0) is 24.2 Å². The molecule has 6 nitrogen and oxygen atoms in total. The predicted molar refractivity (Wildman–Crippen MR) is 121 cm³/mol. The van der Waals surface area contributed by atoms with E-state index in [1.807, 2.05) is 30.3 Å². The van der Waals surface area contributed by atoms with Gasteiger partial charge in [0, 0.05) is 23.7 Å². The largest absolute Gasteiger partial charge is 0.480 e. The number of carbonyl (C=O) groups is 2. The summed E-state index contributed by atoms with van der Waals surface area (Å²) in [6.45, 7) is 2.22. The molecular weight excluding hydrogens is 433 g/mol. The number of hydrogen-bond donors (Lipinski definition) is 3. The molecule has 0 aliphatic heterocycles. The van der Waals surface area contributed by atoms with Crippen LogP contribution in [0.1, 0.15) is 42.6 Å². The zero-order chi connectivity index (χ0) is 22.8. The number of carbonyl (C=O) groups excluding carboxylic acids is 1. The Morgan fingerprint density at radius 3 is 2.72 bits per heavy atom. The molecule has 0 bridgehead atoms. The van der Waals surface area contributed by atoms with Gasteiger partial charge in [-0.05, 0) is 48.9 Å². The van der Waals surface area contributed by atoms with Crippen molar-refractivity contribution in [3.05, 3.63) is 70.1 Å². The molecule has 1 aliphatic carbocycles. The van der Waals surface area contributed by atoms with Gasteiger partial charge in [-0.25, -0.2) is 14.0 Å². The summed E-state index contributed by atoms with van der Waals surface area (Å²) in [5.74, 6) is -1.42. The van der Waals surface area contributed by atoms with Crippen LogP contribution < -0.4 is 10.6 Å². The van der Waals surface area contributed by atoms with E-state index >= 15 is 0 Å². The Bertz CT molecular complexity index is 1160. The highest BCUT2D eigenvalue weighted by molar-refractivity contribution is 6.35. The van der Waals surface area contributed by atoms with Crippen LogP contribution in [0.25, 0.3) is 10.9 Å². The molecule has 2 atom stereocenters. The molecule has 2 amide bonds. The van der Waals surface area contributed by atoms with Crippen LogP contribution in [0.2, 0.25) is 5.02 Å². The highest BCUT2D eigenvalue weighted by Gasteiger charge is 2.32. The summed E-state index contributed by atoms with van der Waals surface area (Å²) < 4.78 is 15.9. The third kappa shape index (κ3) is 4.30. The Kier molecular flexibility index (Phi) is 6.37. The highest BCUT2D eigenvalue weighted by atomic mass is 35.5. The molecule has 1 aromatic heterocycles. The summed E-state index contributed by atoms with van der Waals surface area (Å²) in [4.78, 5) is 24.4. The molecule has 8 heteroatoms. The number of halogens is 2. The van der Waals surface area contributed by atoms with E-state index in [0.717, 1.165) is 16.8 Å². The van der Waals surface area contributed by atoms with Gasteiger partial charge in [-0.15, -0.1) is 0 Å². The number of aliphatic carboxylic acids is 1. The minimum absolute atomic E-state index is 0.149. The first kappa shape index (κ1) is 22.1. The normalized spacial score (nSPS) is 16.4. The molecule has 0 fully saturated rings. The van der Waals surface area contributed by atoms with Gasteiger partial charge in [-0.1, -0.05) is 48.9 Å². The number of nitrogens with zero attached hydrogens (tertiary/aromatic N) is 1. The fourth-order valence-electron chi connectivity index (χ4n) is 4.58. The summed E-state index contributed by atoms with van der Waals surface area (Å²) in [7, 11) is 0. The predicted octanol–water partition coefficient (Wildman–Crippen LogP) is 4.83. The summed E-state index contributed by atoms with van der Waals surface area (Å²) in [6.07, 6.45) is 2.07. The summed E-state index contributed by atoms with van der Waals surface area (Å²) in [5, 5.41) is 16.4. The second kappa shape index (κ2) is 9.20. The van der Waals surface area contributed by atoms with Crippen LogP contribution in [0.5, 0.6) is 0 Å². The molecular formula is C24H25ClFN3O3. The molecule has 0 spiro atoms. The maximum absolute atomic E-state index is 14.2. The number of nitrogens with one attached hydrogen (secondary N) is 2. The molecule has 3 aromatic rings. The third-order valence-corrected chi connectivity index (χ3v) is 6.32. The van der Waals surface area contributed by atoms with Gasteiger partial charge in [0.25, 0.3) is 0 Å². The Morgan fingerprint density at radius 1 is 1.28 bits per heavy atom. The number of rotatable bonds is 6. The fraction of sp³-hybridized carbons (Fsp3) is 0.333. The zero-order valence-corrected chi connectivity index (χ0v) is 18.5. The second-order valence-electron chi connectivity index (χ2n) is 8.09. The van der Waals surface area contributed by atoms with Crippen molar-refractivity contribution in [2.75, 3.05) is 0 Å². The lowest BCUT2D eigenvalue weighted by Gasteiger charge is -2.26. The van der Waals surface area contributed by atoms with E-state index < -0.39 is 17.8 Å². The first-order valence-corrected chi connectivity index (χ1v) is 11.1. The van der Waals surface area contributed by atoms with Gasteiger partial charge in [0.1, 0.15) is 11.9 Å². The van der Waals surface area contributed by atoms with Crippen LogP contribution >= 0.6 is 11.6 Å². The van der Waals surface area contributed by atoms with Crippen LogP contribution in [0, 0.1) is 5.82 Å². The molecule has 0 radical (unpaired) electrons. The molecule has 32 heavy (non-hydrogen) atoms. The average Bonchev–Trinajstić information content (AvgIpc) is 3.07. The van der Waals surface area contributed by atoms with Crippen molar-refractivity contribution >= 4 is 34.5 Å². The van der Waals surface area contributed by atoms with Gasteiger partial charge in [0.15, 0.2) is 0 Å². The van der Waals surface area contributed by atoms with Crippen molar-refractivity contribution < 1.29 is 19.1 Å². The fourth-order valence-corrected chi connectivity index (χ4v) is 4.88. The van der Waals surface area contributed by atoms with Gasteiger partial charge in [0.2, 0.25) is 0 Å². The Labute approximate surface area is 190 Å². The minimum atomic E-state index is -0.951. The monoisotopic (exact) mass is 457 g/mol. The highest BCUT2D eigenvalue weighted by Crippen LogP contribution is 2.39. The van der Waals surface area contributed by atoms with E-state index in [1.54, 1.807) is 11.5 Å². The van der Waals surface area contributed by atoms with Crippen molar-refractivity contribution in [3.63, 3.8) is 0 Å². The second-order valence-corrected chi connectivity index (χ2v) is 8.50. The number of aromatic nitrogens is 1. The minimum Gasteiger partial charge on any atom is -0.480 e. The molecule has 1 heterocycles. The maximum Gasteiger partial charge on any atom is 0.326 e. The quantitative estimate of drug-likeness (QED) is 0.496. The van der Waals surface area contributed by atoms with Gasteiger partial charge < -0.3 is 20.3 Å². The van der Waals surface area contributed by atoms with E-state index in [1.165, 1.54) is 12.1 Å². The number of carboxylic acid groups (broad SMARTS) is 1. The molecule has 2 aromatic carbocycles. The number of benzene rings is 2. The summed E-state index contributed by atoms with van der Waals surface area (Å²) >= 11 is 6.38. The van der Waals surface area contributed by atoms with Crippen LogP contribution in [0.15, 0.2) is 42.5 Å². The molecule has 168 valence electrons. The number of carboxylic acids is 1. The zero-order valence-electron chi connectivity index (χ0n) is 17.7. The van der Waals surface area contributed by atoms with Crippen molar-refractivity contribution in [2.45, 2.75) is 51.2 Å². The topological polar surface area (TPSA) is 83.4 Å². The van der Waals surface area contributed by atoms with Gasteiger partial charge in [0.05, 0.1) is 10.5 Å². The Balaban J connectivity index is 1.60. The number of urea groups is 1. The number of fused-ring (bicyclic) bond motifs is 3. The molecule has 3 N–H and O–H groups in total. The Hall–Kier alpha value is -3.06.